The first-order valence-electron chi connectivity index (χ1n) is 6.11. The molecule has 4 nitrogen and oxygen atoms in total. The lowest BCUT2D eigenvalue weighted by molar-refractivity contribution is -0.121. The van der Waals surface area contributed by atoms with Gasteiger partial charge in [-0.1, -0.05) is 6.07 Å². The van der Waals surface area contributed by atoms with Crippen molar-refractivity contribution in [2.45, 2.75) is 26.7 Å². The number of piperidine rings is 1. The number of carbonyl (C=O) groups excluding carboxylic acids is 2. The maximum Gasteiger partial charge on any atom is 0.415 e. The van der Waals surface area contributed by atoms with Crippen LogP contribution in [0.5, 0.6) is 5.75 Å². The van der Waals surface area contributed by atoms with E-state index in [1.807, 2.05) is 32.0 Å². The average Bonchev–Trinajstić information content (AvgIpc) is 2.28. The van der Waals surface area contributed by atoms with E-state index in [0.29, 0.717) is 31.7 Å². The van der Waals surface area contributed by atoms with E-state index in [1.165, 1.54) is 0 Å². The van der Waals surface area contributed by atoms with Crippen LogP contribution < -0.4 is 4.74 Å². The van der Waals surface area contributed by atoms with E-state index in [9.17, 15) is 9.59 Å². The lowest BCUT2D eigenvalue weighted by Crippen LogP contribution is -2.40. The summed E-state index contributed by atoms with van der Waals surface area (Å²) in [5, 5.41) is 0. The molecule has 0 N–H and O–H groups in total. The van der Waals surface area contributed by atoms with E-state index in [4.69, 9.17) is 4.74 Å². The lowest BCUT2D eigenvalue weighted by Gasteiger charge is -2.25. The van der Waals surface area contributed by atoms with Crippen LogP contribution in [0.2, 0.25) is 0 Å². The first kappa shape index (κ1) is 12.6. The topological polar surface area (TPSA) is 46.6 Å². The molecule has 0 unspecified atom stereocenters. The number of carbonyl (C=O) groups is 2. The molecule has 1 amide bonds. The third kappa shape index (κ3) is 3.09. The van der Waals surface area contributed by atoms with Crippen LogP contribution >= 0.6 is 0 Å². The van der Waals surface area contributed by atoms with E-state index in [1.54, 1.807) is 4.90 Å². The molecule has 0 saturated carbocycles. The highest BCUT2D eigenvalue weighted by Crippen LogP contribution is 2.18. The highest BCUT2D eigenvalue weighted by atomic mass is 16.6. The van der Waals surface area contributed by atoms with Crippen molar-refractivity contribution >= 4 is 11.9 Å². The lowest BCUT2D eigenvalue weighted by atomic mass is 10.1. The number of hydrogen-bond donors (Lipinski definition) is 0. The van der Waals surface area contributed by atoms with Gasteiger partial charge in [-0.15, -0.1) is 0 Å². The summed E-state index contributed by atoms with van der Waals surface area (Å²) >= 11 is 0. The number of nitrogens with zero attached hydrogens (tertiary/aromatic N) is 1. The Bertz CT molecular complexity index is 452. The Morgan fingerprint density at radius 1 is 1.11 bits per heavy atom. The Labute approximate surface area is 107 Å². The number of aryl methyl sites for hydroxylation is 2. The van der Waals surface area contributed by atoms with Gasteiger partial charge in [0.25, 0.3) is 0 Å². The molecular weight excluding hydrogens is 230 g/mol. The minimum absolute atomic E-state index is 0.213. The predicted molar refractivity (Wildman–Crippen MR) is 67.8 cm³/mol. The fourth-order valence-electron chi connectivity index (χ4n) is 2.10. The molecule has 1 aliphatic rings. The number of rotatable bonds is 1. The standard InChI is InChI=1S/C14H17NO3/c1-10-7-11(2)9-13(8-10)18-14(17)15-5-3-12(16)4-6-15/h7-9H,3-6H2,1-2H3. The van der Waals surface area contributed by atoms with E-state index >= 15 is 0 Å². The van der Waals surface area contributed by atoms with Gasteiger partial charge in [0.2, 0.25) is 0 Å². The van der Waals surface area contributed by atoms with E-state index < -0.39 is 0 Å². The molecule has 4 heteroatoms. The molecule has 0 radical (unpaired) electrons. The van der Waals surface area contributed by atoms with Gasteiger partial charge in [0, 0.05) is 25.9 Å². The van der Waals surface area contributed by atoms with Crippen LogP contribution in [-0.2, 0) is 4.79 Å². The summed E-state index contributed by atoms with van der Waals surface area (Å²) in [6, 6.07) is 5.69. The average molecular weight is 247 g/mol. The first-order valence-corrected chi connectivity index (χ1v) is 6.11. The highest BCUT2D eigenvalue weighted by molar-refractivity contribution is 5.81. The van der Waals surface area contributed by atoms with Crippen LogP contribution in [0, 0.1) is 13.8 Å². The van der Waals surface area contributed by atoms with E-state index in [-0.39, 0.29) is 11.9 Å². The first-order chi connectivity index (χ1) is 8.54. The Morgan fingerprint density at radius 2 is 1.67 bits per heavy atom. The van der Waals surface area contributed by atoms with Crippen LogP contribution in [0.1, 0.15) is 24.0 Å². The van der Waals surface area contributed by atoms with Gasteiger partial charge in [0.05, 0.1) is 0 Å². The Kier molecular flexibility index (Phi) is 3.65. The fourth-order valence-corrected chi connectivity index (χ4v) is 2.10. The second-order valence-electron chi connectivity index (χ2n) is 4.72. The molecule has 2 rings (SSSR count). The zero-order valence-corrected chi connectivity index (χ0v) is 10.7. The highest BCUT2D eigenvalue weighted by Gasteiger charge is 2.22. The number of hydrogen-bond acceptors (Lipinski definition) is 3. The molecule has 1 aromatic rings. The van der Waals surface area contributed by atoms with Gasteiger partial charge in [-0.3, -0.25) is 4.79 Å². The molecule has 0 aliphatic carbocycles. The van der Waals surface area contributed by atoms with Crippen molar-refractivity contribution in [3.05, 3.63) is 29.3 Å². The van der Waals surface area contributed by atoms with Crippen molar-refractivity contribution in [3.63, 3.8) is 0 Å². The largest absolute Gasteiger partial charge is 0.415 e. The molecule has 1 fully saturated rings. The van der Waals surface area contributed by atoms with Crippen molar-refractivity contribution < 1.29 is 14.3 Å². The van der Waals surface area contributed by atoms with Gasteiger partial charge in [-0.2, -0.15) is 0 Å². The Balaban J connectivity index is 2.00. The number of benzene rings is 1. The van der Waals surface area contributed by atoms with Gasteiger partial charge in [0.1, 0.15) is 11.5 Å². The Morgan fingerprint density at radius 3 is 2.22 bits per heavy atom. The monoisotopic (exact) mass is 247 g/mol. The molecule has 0 bridgehead atoms. The zero-order valence-electron chi connectivity index (χ0n) is 10.7. The third-order valence-corrected chi connectivity index (χ3v) is 2.98. The summed E-state index contributed by atoms with van der Waals surface area (Å²) in [6.07, 6.45) is 0.497. The molecule has 1 heterocycles. The second kappa shape index (κ2) is 5.21. The molecule has 96 valence electrons. The second-order valence-corrected chi connectivity index (χ2v) is 4.72. The van der Waals surface area contributed by atoms with Gasteiger partial charge in [-0.05, 0) is 37.1 Å². The van der Waals surface area contributed by atoms with Crippen molar-refractivity contribution in [1.82, 2.24) is 4.90 Å². The normalized spacial score (nSPS) is 15.7. The van der Waals surface area contributed by atoms with E-state index in [2.05, 4.69) is 0 Å². The fraction of sp³-hybridized carbons (Fsp3) is 0.429. The summed E-state index contributed by atoms with van der Waals surface area (Å²) in [7, 11) is 0. The summed E-state index contributed by atoms with van der Waals surface area (Å²) in [6.45, 7) is 4.85. The van der Waals surface area contributed by atoms with Crippen LogP contribution in [0.3, 0.4) is 0 Å². The number of amides is 1. The van der Waals surface area contributed by atoms with Crippen LogP contribution in [0.4, 0.5) is 4.79 Å². The molecule has 0 aromatic heterocycles. The van der Waals surface area contributed by atoms with Crippen molar-refractivity contribution in [1.29, 1.82) is 0 Å². The molecule has 0 atom stereocenters. The summed E-state index contributed by atoms with van der Waals surface area (Å²) in [4.78, 5) is 24.6. The third-order valence-electron chi connectivity index (χ3n) is 2.98. The Hall–Kier alpha value is -1.84. The zero-order chi connectivity index (χ0) is 13.1. The van der Waals surface area contributed by atoms with Crippen molar-refractivity contribution in [2.75, 3.05) is 13.1 Å². The number of ketones is 1. The minimum atomic E-state index is -0.368. The molecule has 18 heavy (non-hydrogen) atoms. The van der Waals surface area contributed by atoms with Gasteiger partial charge in [-0.25, -0.2) is 4.79 Å². The molecule has 1 saturated heterocycles. The number of Topliss-reactive ketones (excluding diaryl/α,β-unsaturated/α-hetero) is 1. The summed E-state index contributed by atoms with van der Waals surface area (Å²) in [5.41, 5.74) is 2.12. The maximum atomic E-state index is 11.9. The molecule has 1 aliphatic heterocycles. The van der Waals surface area contributed by atoms with Crippen molar-refractivity contribution in [3.8, 4) is 5.75 Å². The maximum absolute atomic E-state index is 11.9. The van der Waals surface area contributed by atoms with E-state index in [0.717, 1.165) is 11.1 Å². The molecule has 0 spiro atoms. The number of ether oxygens (including phenoxy) is 1. The number of likely N-dealkylation sites (tertiary alicyclic amines) is 1. The SMILES string of the molecule is Cc1cc(C)cc(OC(=O)N2CCC(=O)CC2)c1. The summed E-state index contributed by atoms with van der Waals surface area (Å²) in [5.74, 6) is 0.778. The van der Waals surface area contributed by atoms with Crippen molar-refractivity contribution in [2.24, 2.45) is 0 Å². The minimum Gasteiger partial charge on any atom is -0.410 e. The van der Waals surface area contributed by atoms with Gasteiger partial charge in [0.15, 0.2) is 0 Å². The van der Waals surface area contributed by atoms with Gasteiger partial charge >= 0.3 is 6.09 Å². The predicted octanol–water partition coefficient (Wildman–Crippen LogP) is 2.47. The summed E-state index contributed by atoms with van der Waals surface area (Å²) < 4.78 is 5.33. The van der Waals surface area contributed by atoms with Crippen LogP contribution in [0.15, 0.2) is 18.2 Å². The van der Waals surface area contributed by atoms with Crippen LogP contribution in [0.25, 0.3) is 0 Å². The quantitative estimate of drug-likeness (QED) is 0.765. The molecular formula is C14H17NO3. The smallest absolute Gasteiger partial charge is 0.410 e. The van der Waals surface area contributed by atoms with Gasteiger partial charge < -0.3 is 9.64 Å². The molecule has 1 aromatic carbocycles. The van der Waals surface area contributed by atoms with Crippen LogP contribution in [-0.4, -0.2) is 29.9 Å².